The number of hydrogen-bond acceptors (Lipinski definition) is 13. The van der Waals surface area contributed by atoms with Crippen molar-refractivity contribution in [2.75, 3.05) is 5.73 Å². The Morgan fingerprint density at radius 1 is 0.519 bits per heavy atom. The smallest absolute Gasteiger partial charge is 0.296 e. The average molecular weight is 736 g/mol. The molecule has 14 nitrogen and oxygen atoms in total. The lowest BCUT2D eigenvalue weighted by molar-refractivity contribution is 0.472. The van der Waals surface area contributed by atoms with Crippen LogP contribution in [0, 0.1) is 6.92 Å². The second-order valence-electron chi connectivity index (χ2n) is 11.9. The highest BCUT2D eigenvalue weighted by atomic mass is 32.2. The Hall–Kier alpha value is -7.23. The van der Waals surface area contributed by atoms with E-state index in [4.69, 9.17) is 5.73 Å². The van der Waals surface area contributed by atoms with Crippen molar-refractivity contribution >= 4 is 82.8 Å². The first-order chi connectivity index (χ1) is 26.1. The third-order valence-corrected chi connectivity index (χ3v) is 9.22. The predicted molar refractivity (Wildman–Crippen MR) is 206 cm³/mol. The summed E-state index contributed by atoms with van der Waals surface area (Å²) in [5, 5.41) is 57.2. The normalized spacial score (nSPS) is 12.3. The van der Waals surface area contributed by atoms with Crippen LogP contribution in [0.5, 0.6) is 11.5 Å². The van der Waals surface area contributed by atoms with Crippen LogP contribution in [0.3, 0.4) is 0 Å². The average Bonchev–Trinajstić information content (AvgIpc) is 3.17. The van der Waals surface area contributed by atoms with Crippen LogP contribution in [-0.2, 0) is 10.1 Å². The van der Waals surface area contributed by atoms with Crippen LogP contribution >= 0.6 is 0 Å². The maximum Gasteiger partial charge on any atom is 0.296 e. The first-order valence-corrected chi connectivity index (χ1v) is 17.7. The molecule has 0 amide bonds. The largest absolute Gasteiger partial charge is 0.505 e. The molecule has 0 fully saturated rings. The van der Waals surface area contributed by atoms with E-state index in [1.807, 2.05) is 48.5 Å². The summed E-state index contributed by atoms with van der Waals surface area (Å²) in [7, 11) is -4.88. The summed E-state index contributed by atoms with van der Waals surface area (Å²) in [5.41, 5.74) is 9.56. The summed E-state index contributed by atoms with van der Waals surface area (Å²) in [6.45, 7) is 1.65. The summed E-state index contributed by atoms with van der Waals surface area (Å²) < 4.78 is 35.2. The standard InChI is InChI=1S/C39H29N9O5S/c1-23-30-22-34(54(51,52)53)37(48-44-28-16-14-27(15-17-28)42-41-25-8-4-2-5-9-25)38(49)29(30)18-21-31(23)45-46-32-19-12-24-13-20-33(39(50)35(24)36(32)40)47-43-26-10-6-3-7-11-26/h2-22,49-50H,40H2,1H3,(H,51,52,53). The number of rotatable bonds is 9. The highest BCUT2D eigenvalue weighted by Crippen LogP contribution is 2.45. The van der Waals surface area contributed by atoms with Crippen LogP contribution in [0.25, 0.3) is 21.5 Å². The molecule has 0 saturated carbocycles. The Labute approximate surface area is 308 Å². The molecule has 0 radical (unpaired) electrons. The third kappa shape index (κ3) is 7.38. The van der Waals surface area contributed by atoms with Gasteiger partial charge in [-0.3, -0.25) is 4.55 Å². The molecule has 15 heteroatoms. The van der Waals surface area contributed by atoms with Gasteiger partial charge >= 0.3 is 0 Å². The summed E-state index contributed by atoms with van der Waals surface area (Å²) in [5.74, 6) is -0.690. The van der Waals surface area contributed by atoms with Gasteiger partial charge in [0.2, 0.25) is 0 Å². The molecule has 7 aromatic carbocycles. The molecule has 7 aromatic rings. The number of hydrogen-bond donors (Lipinski definition) is 4. The molecule has 0 heterocycles. The second-order valence-corrected chi connectivity index (χ2v) is 13.3. The Morgan fingerprint density at radius 3 is 1.59 bits per heavy atom. The van der Waals surface area contributed by atoms with Gasteiger partial charge in [0.25, 0.3) is 10.1 Å². The predicted octanol–water partition coefficient (Wildman–Crippen LogP) is 12.2. The van der Waals surface area contributed by atoms with E-state index in [0.29, 0.717) is 44.8 Å². The number of azo groups is 4. The van der Waals surface area contributed by atoms with Gasteiger partial charge in [-0.15, -0.1) is 15.3 Å². The zero-order valence-corrected chi connectivity index (χ0v) is 29.2. The van der Waals surface area contributed by atoms with E-state index in [9.17, 15) is 23.2 Å². The van der Waals surface area contributed by atoms with Gasteiger partial charge in [0.15, 0.2) is 11.5 Å². The van der Waals surface area contributed by atoms with E-state index < -0.39 is 26.5 Å². The Balaban J connectivity index is 1.19. The van der Waals surface area contributed by atoms with Crippen LogP contribution in [0.15, 0.2) is 173 Å². The fraction of sp³-hybridized carbons (Fsp3) is 0.0256. The highest BCUT2D eigenvalue weighted by molar-refractivity contribution is 7.86. The SMILES string of the molecule is Cc1c(N=Nc2ccc3ccc(N=Nc4ccccc4)c(O)c3c2N)ccc2c(O)c(N=Nc3ccc(N=Nc4ccccc4)cc3)c(S(=O)(=O)O)cc12. The molecular weight excluding hydrogens is 707 g/mol. The molecule has 0 aliphatic carbocycles. The monoisotopic (exact) mass is 735 g/mol. The molecule has 0 atom stereocenters. The number of aryl methyl sites for hydroxylation is 1. The number of anilines is 1. The van der Waals surface area contributed by atoms with Gasteiger partial charge in [-0.2, -0.15) is 34.0 Å². The van der Waals surface area contributed by atoms with E-state index in [2.05, 4.69) is 40.9 Å². The molecule has 0 spiro atoms. The van der Waals surface area contributed by atoms with Crippen molar-refractivity contribution in [1.82, 2.24) is 0 Å². The minimum atomic E-state index is -4.88. The highest BCUT2D eigenvalue weighted by Gasteiger charge is 2.23. The molecule has 0 unspecified atom stereocenters. The number of phenolic OH excluding ortho intramolecular Hbond substituents is 2. The van der Waals surface area contributed by atoms with E-state index >= 15 is 0 Å². The fourth-order valence-corrected chi connectivity index (χ4v) is 6.19. The molecule has 266 valence electrons. The van der Waals surface area contributed by atoms with Gasteiger partial charge in [-0.25, -0.2) is 0 Å². The van der Waals surface area contributed by atoms with Crippen LogP contribution in [0.2, 0.25) is 0 Å². The van der Waals surface area contributed by atoms with E-state index in [1.54, 1.807) is 73.7 Å². The Kier molecular flexibility index (Phi) is 9.63. The number of fused-ring (bicyclic) bond motifs is 2. The van der Waals surface area contributed by atoms with Crippen LogP contribution in [0.4, 0.5) is 51.2 Å². The molecule has 0 aromatic heterocycles. The van der Waals surface area contributed by atoms with Gasteiger partial charge in [-0.05, 0) is 102 Å². The maximum atomic E-state index is 12.5. The van der Waals surface area contributed by atoms with E-state index in [-0.39, 0.29) is 33.6 Å². The third-order valence-electron chi connectivity index (χ3n) is 8.35. The van der Waals surface area contributed by atoms with E-state index in [1.165, 1.54) is 12.1 Å². The van der Waals surface area contributed by atoms with Gasteiger partial charge in [0, 0.05) is 5.39 Å². The van der Waals surface area contributed by atoms with Crippen molar-refractivity contribution in [3.8, 4) is 11.5 Å². The number of benzene rings is 7. The number of nitrogens with two attached hydrogens (primary N) is 1. The summed E-state index contributed by atoms with van der Waals surface area (Å²) in [6, 6.07) is 35.8. The van der Waals surface area contributed by atoms with Crippen molar-refractivity contribution in [3.63, 3.8) is 0 Å². The Bertz CT molecular complexity index is 2780. The minimum absolute atomic E-state index is 0.150. The van der Waals surface area contributed by atoms with Crippen LogP contribution < -0.4 is 5.73 Å². The van der Waals surface area contributed by atoms with Gasteiger partial charge in [-0.1, -0.05) is 48.5 Å². The molecule has 5 N–H and O–H groups in total. The van der Waals surface area contributed by atoms with E-state index in [0.717, 1.165) is 0 Å². The quantitative estimate of drug-likeness (QED) is 0.0641. The number of nitrogens with zero attached hydrogens (tertiary/aromatic N) is 8. The van der Waals surface area contributed by atoms with Gasteiger partial charge in [0.05, 0.1) is 39.5 Å². The van der Waals surface area contributed by atoms with Crippen molar-refractivity contribution in [3.05, 3.63) is 133 Å². The number of aromatic hydroxyl groups is 2. The topological polar surface area (TPSA) is 220 Å². The number of phenols is 2. The molecule has 0 saturated heterocycles. The fourth-order valence-electron chi connectivity index (χ4n) is 5.54. The molecule has 54 heavy (non-hydrogen) atoms. The maximum absolute atomic E-state index is 12.5. The zero-order chi connectivity index (χ0) is 37.8. The lowest BCUT2D eigenvalue weighted by Gasteiger charge is -2.12. The lowest BCUT2D eigenvalue weighted by Crippen LogP contribution is -1.99. The second kappa shape index (κ2) is 14.8. The van der Waals surface area contributed by atoms with Crippen molar-refractivity contribution in [1.29, 1.82) is 0 Å². The number of nitrogen functional groups attached to an aromatic ring is 1. The van der Waals surface area contributed by atoms with Gasteiger partial charge < -0.3 is 15.9 Å². The minimum Gasteiger partial charge on any atom is -0.505 e. The van der Waals surface area contributed by atoms with Gasteiger partial charge in [0.1, 0.15) is 22.0 Å². The summed E-state index contributed by atoms with van der Waals surface area (Å²) >= 11 is 0. The van der Waals surface area contributed by atoms with Crippen LogP contribution in [0.1, 0.15) is 5.56 Å². The van der Waals surface area contributed by atoms with Crippen molar-refractivity contribution < 1.29 is 23.2 Å². The first-order valence-electron chi connectivity index (χ1n) is 16.2. The lowest BCUT2D eigenvalue weighted by atomic mass is 10.0. The summed E-state index contributed by atoms with van der Waals surface area (Å²) in [4.78, 5) is -0.656. The Morgan fingerprint density at radius 2 is 1.00 bits per heavy atom. The molecule has 7 rings (SSSR count). The van der Waals surface area contributed by atoms with Crippen molar-refractivity contribution in [2.45, 2.75) is 11.8 Å². The first kappa shape index (κ1) is 35.2. The molecule has 0 bridgehead atoms. The van der Waals surface area contributed by atoms with Crippen molar-refractivity contribution in [2.24, 2.45) is 40.9 Å². The molecule has 0 aliphatic heterocycles. The summed E-state index contributed by atoms with van der Waals surface area (Å²) in [6.07, 6.45) is 0. The van der Waals surface area contributed by atoms with Crippen LogP contribution in [-0.4, -0.2) is 23.2 Å². The molecular formula is C39H29N9O5S. The molecule has 0 aliphatic rings. The zero-order valence-electron chi connectivity index (χ0n) is 28.3.